The lowest BCUT2D eigenvalue weighted by Gasteiger charge is -2.13. The highest BCUT2D eigenvalue weighted by atomic mass is 127. The molecule has 0 amide bonds. The summed E-state index contributed by atoms with van der Waals surface area (Å²) in [5.74, 6) is 0.878. The summed E-state index contributed by atoms with van der Waals surface area (Å²) < 4.78 is 25.3. The van der Waals surface area contributed by atoms with Crippen LogP contribution in [0.1, 0.15) is 27.2 Å². The lowest BCUT2D eigenvalue weighted by atomic mass is 10.4. The standard InChI is InChI=1S/C17H30N4O2S2.HI/c1-4-18-17(19-12-9-13-21-25(22,23)5-2)20-14-15(3)24-16-10-7-6-8-11-16;/h6-8,10-11,15,21H,4-5,9,12-14H2,1-3H3,(H2,18,19,20);1H. The third-order valence-corrected chi connectivity index (χ3v) is 5.78. The van der Waals surface area contributed by atoms with Crippen molar-refractivity contribution >= 4 is 51.7 Å². The number of nitrogens with zero attached hydrogens (tertiary/aromatic N) is 1. The van der Waals surface area contributed by atoms with Gasteiger partial charge in [0.25, 0.3) is 0 Å². The Bertz CT molecular complexity index is 612. The van der Waals surface area contributed by atoms with Crippen LogP contribution in [0.2, 0.25) is 0 Å². The topological polar surface area (TPSA) is 82.6 Å². The van der Waals surface area contributed by atoms with Crippen molar-refractivity contribution < 1.29 is 8.42 Å². The normalized spacial score (nSPS) is 13.0. The summed E-state index contributed by atoms with van der Waals surface area (Å²) in [6.07, 6.45) is 0.706. The highest BCUT2D eigenvalue weighted by molar-refractivity contribution is 14.0. The third kappa shape index (κ3) is 12.0. The summed E-state index contributed by atoms with van der Waals surface area (Å²) in [7, 11) is -3.11. The van der Waals surface area contributed by atoms with Gasteiger partial charge in [0, 0.05) is 29.8 Å². The minimum atomic E-state index is -3.11. The van der Waals surface area contributed by atoms with Gasteiger partial charge >= 0.3 is 0 Å². The Morgan fingerprint density at radius 1 is 1.15 bits per heavy atom. The van der Waals surface area contributed by atoms with Crippen LogP contribution in [-0.2, 0) is 10.0 Å². The Kier molecular flexibility index (Phi) is 14.2. The number of halogens is 1. The molecule has 0 bridgehead atoms. The lowest BCUT2D eigenvalue weighted by molar-refractivity contribution is 0.579. The van der Waals surface area contributed by atoms with Gasteiger partial charge in [-0.2, -0.15) is 0 Å². The average Bonchev–Trinajstić information content (AvgIpc) is 2.60. The SMILES string of the molecule is CCNC(=NCC(C)Sc1ccccc1)NCCCNS(=O)(=O)CC.I. The fourth-order valence-corrected chi connectivity index (χ4v) is 3.54. The Labute approximate surface area is 179 Å². The van der Waals surface area contributed by atoms with Crippen LogP contribution in [0.5, 0.6) is 0 Å². The van der Waals surface area contributed by atoms with E-state index in [1.807, 2.05) is 25.1 Å². The molecule has 1 rings (SSSR count). The third-order valence-electron chi connectivity index (χ3n) is 3.28. The molecular formula is C17H31IN4O2S2. The number of thioether (sulfide) groups is 1. The van der Waals surface area contributed by atoms with Crippen LogP contribution in [0.3, 0.4) is 0 Å². The largest absolute Gasteiger partial charge is 0.357 e. The van der Waals surface area contributed by atoms with Gasteiger partial charge in [0.05, 0.1) is 12.3 Å². The van der Waals surface area contributed by atoms with Crippen LogP contribution in [-0.4, -0.2) is 51.6 Å². The maximum Gasteiger partial charge on any atom is 0.211 e. The molecule has 0 aromatic heterocycles. The second kappa shape index (κ2) is 14.5. The molecule has 0 radical (unpaired) electrons. The van der Waals surface area contributed by atoms with Crippen molar-refractivity contribution in [3.05, 3.63) is 30.3 Å². The van der Waals surface area contributed by atoms with Crippen LogP contribution in [0.15, 0.2) is 40.2 Å². The molecule has 0 heterocycles. The Hall–Kier alpha value is -0.520. The van der Waals surface area contributed by atoms with E-state index in [1.54, 1.807) is 18.7 Å². The van der Waals surface area contributed by atoms with Crippen LogP contribution in [0, 0.1) is 0 Å². The van der Waals surface area contributed by atoms with Crippen molar-refractivity contribution in [3.63, 3.8) is 0 Å². The first kappa shape index (κ1) is 25.5. The van der Waals surface area contributed by atoms with Gasteiger partial charge in [-0.3, -0.25) is 4.99 Å². The number of hydrogen-bond donors (Lipinski definition) is 3. The van der Waals surface area contributed by atoms with Crippen molar-refractivity contribution in [1.82, 2.24) is 15.4 Å². The van der Waals surface area contributed by atoms with E-state index in [4.69, 9.17) is 0 Å². The minimum Gasteiger partial charge on any atom is -0.357 e. The number of sulfonamides is 1. The number of nitrogens with one attached hydrogen (secondary N) is 3. The molecule has 0 aliphatic carbocycles. The molecule has 0 saturated heterocycles. The first-order valence-corrected chi connectivity index (χ1v) is 11.2. The molecule has 1 aromatic carbocycles. The van der Waals surface area contributed by atoms with Gasteiger partial charge < -0.3 is 10.6 Å². The van der Waals surface area contributed by atoms with E-state index in [0.717, 1.165) is 12.5 Å². The summed E-state index contributed by atoms with van der Waals surface area (Å²) >= 11 is 1.80. The minimum absolute atomic E-state index is 0. The number of rotatable bonds is 11. The van der Waals surface area contributed by atoms with Crippen LogP contribution in [0.25, 0.3) is 0 Å². The number of benzene rings is 1. The summed E-state index contributed by atoms with van der Waals surface area (Å²) in [6, 6.07) is 10.3. The summed E-state index contributed by atoms with van der Waals surface area (Å²) in [6.45, 7) is 8.40. The molecule has 0 spiro atoms. The van der Waals surface area contributed by atoms with Gasteiger partial charge in [-0.1, -0.05) is 25.1 Å². The van der Waals surface area contributed by atoms with Crippen LogP contribution >= 0.6 is 35.7 Å². The summed E-state index contributed by atoms with van der Waals surface area (Å²) in [4.78, 5) is 5.85. The van der Waals surface area contributed by atoms with Gasteiger partial charge in [-0.05, 0) is 32.4 Å². The number of guanidine groups is 1. The monoisotopic (exact) mass is 514 g/mol. The molecule has 1 atom stereocenters. The van der Waals surface area contributed by atoms with Crippen LogP contribution < -0.4 is 15.4 Å². The average molecular weight is 514 g/mol. The summed E-state index contributed by atoms with van der Waals surface area (Å²) in [5, 5.41) is 6.82. The van der Waals surface area contributed by atoms with E-state index in [9.17, 15) is 8.42 Å². The van der Waals surface area contributed by atoms with Crippen molar-refractivity contribution in [1.29, 1.82) is 0 Å². The van der Waals surface area contributed by atoms with Gasteiger partial charge in [0.1, 0.15) is 0 Å². The fraction of sp³-hybridized carbons (Fsp3) is 0.588. The van der Waals surface area contributed by atoms with E-state index in [1.165, 1.54) is 4.90 Å². The highest BCUT2D eigenvalue weighted by Crippen LogP contribution is 2.22. The summed E-state index contributed by atoms with van der Waals surface area (Å²) in [5.41, 5.74) is 0. The lowest BCUT2D eigenvalue weighted by Crippen LogP contribution is -2.39. The van der Waals surface area contributed by atoms with E-state index in [-0.39, 0.29) is 29.7 Å². The van der Waals surface area contributed by atoms with Gasteiger partial charge in [0.2, 0.25) is 10.0 Å². The quantitative estimate of drug-likeness (QED) is 0.139. The Morgan fingerprint density at radius 2 is 1.85 bits per heavy atom. The molecule has 1 aromatic rings. The maximum atomic E-state index is 11.4. The predicted octanol–water partition coefficient (Wildman–Crippen LogP) is 2.67. The molecule has 0 aliphatic heterocycles. The zero-order valence-corrected chi connectivity index (χ0v) is 19.7. The van der Waals surface area contributed by atoms with Crippen LogP contribution in [0.4, 0.5) is 0 Å². The second-order valence-corrected chi connectivity index (χ2v) is 9.15. The molecular weight excluding hydrogens is 483 g/mol. The van der Waals surface area contributed by atoms with Gasteiger partial charge in [0.15, 0.2) is 5.96 Å². The molecule has 26 heavy (non-hydrogen) atoms. The molecule has 0 aliphatic rings. The predicted molar refractivity (Wildman–Crippen MR) is 123 cm³/mol. The van der Waals surface area contributed by atoms with Crippen molar-refractivity contribution in [3.8, 4) is 0 Å². The van der Waals surface area contributed by atoms with E-state index < -0.39 is 10.0 Å². The van der Waals surface area contributed by atoms with Crippen molar-refractivity contribution in [2.45, 2.75) is 37.3 Å². The smallest absolute Gasteiger partial charge is 0.211 e. The highest BCUT2D eigenvalue weighted by Gasteiger charge is 2.06. The van der Waals surface area contributed by atoms with E-state index in [2.05, 4.69) is 39.4 Å². The second-order valence-electron chi connectivity index (χ2n) is 5.54. The van der Waals surface area contributed by atoms with Gasteiger partial charge in [-0.25, -0.2) is 13.1 Å². The molecule has 0 fully saturated rings. The zero-order valence-electron chi connectivity index (χ0n) is 15.7. The zero-order chi connectivity index (χ0) is 18.5. The van der Waals surface area contributed by atoms with Gasteiger partial charge in [-0.15, -0.1) is 35.7 Å². The van der Waals surface area contributed by atoms with E-state index >= 15 is 0 Å². The first-order chi connectivity index (χ1) is 12.0. The fourth-order valence-electron chi connectivity index (χ4n) is 1.96. The molecule has 9 heteroatoms. The number of hydrogen-bond acceptors (Lipinski definition) is 4. The first-order valence-electron chi connectivity index (χ1n) is 8.68. The molecule has 6 nitrogen and oxygen atoms in total. The molecule has 1 unspecified atom stereocenters. The number of aliphatic imine (C=N–C) groups is 1. The van der Waals surface area contributed by atoms with Crippen molar-refractivity contribution in [2.24, 2.45) is 4.99 Å². The maximum absolute atomic E-state index is 11.4. The van der Waals surface area contributed by atoms with Crippen molar-refractivity contribution in [2.75, 3.05) is 31.9 Å². The Balaban J connectivity index is 0.00000625. The molecule has 150 valence electrons. The molecule has 3 N–H and O–H groups in total. The Morgan fingerprint density at radius 3 is 2.46 bits per heavy atom. The molecule has 0 saturated carbocycles. The van der Waals surface area contributed by atoms with E-state index in [0.29, 0.717) is 31.3 Å².